The van der Waals surface area contributed by atoms with Gasteiger partial charge in [-0.25, -0.2) is 4.98 Å². The van der Waals surface area contributed by atoms with Gasteiger partial charge in [0.05, 0.1) is 4.88 Å². The van der Waals surface area contributed by atoms with Crippen molar-refractivity contribution < 1.29 is 4.79 Å². The first kappa shape index (κ1) is 13.7. The Morgan fingerprint density at radius 3 is 2.74 bits per heavy atom. The van der Waals surface area contributed by atoms with E-state index in [1.165, 1.54) is 11.3 Å². The minimum Gasteiger partial charge on any atom is -0.302 e. The van der Waals surface area contributed by atoms with Crippen LogP contribution in [0.2, 0.25) is 0 Å². The average molecular weight is 274 g/mol. The van der Waals surface area contributed by atoms with E-state index in [0.29, 0.717) is 17.5 Å². The molecule has 1 heterocycles. The van der Waals surface area contributed by atoms with Crippen molar-refractivity contribution in [3.05, 3.63) is 36.5 Å². The van der Waals surface area contributed by atoms with Crippen LogP contribution in [0, 0.1) is 5.92 Å². The molecule has 100 valence electrons. The number of carbonyl (C=O) groups excluding carboxylic acids is 1. The molecule has 4 heteroatoms. The molecule has 0 bridgehead atoms. The van der Waals surface area contributed by atoms with Crippen molar-refractivity contribution in [3.63, 3.8) is 0 Å². The zero-order chi connectivity index (χ0) is 13.7. The molecule has 0 saturated heterocycles. The highest BCUT2D eigenvalue weighted by molar-refractivity contribution is 7.19. The van der Waals surface area contributed by atoms with E-state index in [-0.39, 0.29) is 5.91 Å². The molecule has 0 spiro atoms. The Morgan fingerprint density at radius 1 is 1.32 bits per heavy atom. The fourth-order valence-corrected chi connectivity index (χ4v) is 2.51. The molecule has 2 rings (SSSR count). The van der Waals surface area contributed by atoms with Crippen molar-refractivity contribution in [3.8, 4) is 10.4 Å². The molecule has 0 atom stereocenters. The van der Waals surface area contributed by atoms with Crippen molar-refractivity contribution in [1.82, 2.24) is 4.98 Å². The third-order valence-electron chi connectivity index (χ3n) is 2.76. The van der Waals surface area contributed by atoms with Gasteiger partial charge in [0.2, 0.25) is 5.91 Å². The van der Waals surface area contributed by atoms with Crippen molar-refractivity contribution in [1.29, 1.82) is 0 Å². The van der Waals surface area contributed by atoms with Gasteiger partial charge in [0, 0.05) is 12.6 Å². The van der Waals surface area contributed by atoms with Gasteiger partial charge in [-0.1, -0.05) is 55.5 Å². The van der Waals surface area contributed by atoms with E-state index in [1.54, 1.807) is 6.20 Å². The molecule has 1 amide bonds. The van der Waals surface area contributed by atoms with Crippen LogP contribution in [0.5, 0.6) is 0 Å². The maximum Gasteiger partial charge on any atom is 0.226 e. The van der Waals surface area contributed by atoms with Crippen LogP contribution in [0.3, 0.4) is 0 Å². The number of thiazole rings is 1. The summed E-state index contributed by atoms with van der Waals surface area (Å²) in [7, 11) is 0. The SMILES string of the molecule is CC(C)CCC(=O)Nc1ncc(-c2ccccc2)s1. The highest BCUT2D eigenvalue weighted by atomic mass is 32.1. The topological polar surface area (TPSA) is 42.0 Å². The van der Waals surface area contributed by atoms with Crippen LogP contribution < -0.4 is 5.32 Å². The van der Waals surface area contributed by atoms with Crippen molar-refractivity contribution in [2.75, 3.05) is 5.32 Å². The summed E-state index contributed by atoms with van der Waals surface area (Å²) < 4.78 is 0. The van der Waals surface area contributed by atoms with Crippen LogP contribution in [-0.2, 0) is 4.79 Å². The smallest absolute Gasteiger partial charge is 0.226 e. The van der Waals surface area contributed by atoms with Gasteiger partial charge in [-0.05, 0) is 17.9 Å². The maximum atomic E-state index is 11.7. The van der Waals surface area contributed by atoms with Crippen LogP contribution >= 0.6 is 11.3 Å². The number of hydrogen-bond acceptors (Lipinski definition) is 3. The second kappa shape index (κ2) is 6.48. The molecule has 0 unspecified atom stereocenters. The van der Waals surface area contributed by atoms with Crippen molar-refractivity contribution in [2.24, 2.45) is 5.92 Å². The summed E-state index contributed by atoms with van der Waals surface area (Å²) in [6, 6.07) is 10.1. The van der Waals surface area contributed by atoms with E-state index in [2.05, 4.69) is 24.1 Å². The van der Waals surface area contributed by atoms with Gasteiger partial charge in [0.25, 0.3) is 0 Å². The Balaban J connectivity index is 1.96. The summed E-state index contributed by atoms with van der Waals surface area (Å²) in [5, 5.41) is 3.53. The standard InChI is InChI=1S/C15H18N2OS/c1-11(2)8-9-14(18)17-15-16-10-13(19-15)12-6-4-3-5-7-12/h3-7,10-11H,8-9H2,1-2H3,(H,16,17,18). The Labute approximate surface area is 117 Å². The zero-order valence-corrected chi connectivity index (χ0v) is 12.0. The van der Waals surface area contributed by atoms with Crippen LogP contribution in [0.4, 0.5) is 5.13 Å². The lowest BCUT2D eigenvalue weighted by atomic mass is 10.1. The Morgan fingerprint density at radius 2 is 2.05 bits per heavy atom. The fraction of sp³-hybridized carbons (Fsp3) is 0.333. The lowest BCUT2D eigenvalue weighted by molar-refractivity contribution is -0.116. The lowest BCUT2D eigenvalue weighted by Gasteiger charge is -2.03. The predicted molar refractivity (Wildman–Crippen MR) is 80.3 cm³/mol. The maximum absolute atomic E-state index is 11.7. The molecular weight excluding hydrogens is 256 g/mol. The van der Waals surface area contributed by atoms with Crippen LogP contribution in [0.1, 0.15) is 26.7 Å². The Kier molecular flexibility index (Phi) is 4.68. The quantitative estimate of drug-likeness (QED) is 0.888. The molecule has 1 N–H and O–H groups in total. The van der Waals surface area contributed by atoms with Crippen LogP contribution in [0.25, 0.3) is 10.4 Å². The highest BCUT2D eigenvalue weighted by Crippen LogP contribution is 2.28. The molecule has 3 nitrogen and oxygen atoms in total. The number of carbonyl (C=O) groups is 1. The number of anilines is 1. The van der Waals surface area contributed by atoms with E-state index < -0.39 is 0 Å². The number of amides is 1. The second-order valence-corrected chi connectivity index (χ2v) is 5.91. The van der Waals surface area contributed by atoms with Crippen molar-refractivity contribution in [2.45, 2.75) is 26.7 Å². The molecule has 0 fully saturated rings. The van der Waals surface area contributed by atoms with Crippen molar-refractivity contribution >= 4 is 22.4 Å². The summed E-state index contributed by atoms with van der Waals surface area (Å²) in [5.41, 5.74) is 1.13. The minimum absolute atomic E-state index is 0.0441. The van der Waals surface area contributed by atoms with Crippen LogP contribution in [0.15, 0.2) is 36.5 Å². The van der Waals surface area contributed by atoms with Gasteiger partial charge >= 0.3 is 0 Å². The number of hydrogen-bond donors (Lipinski definition) is 1. The Hall–Kier alpha value is -1.68. The first-order valence-corrected chi connectivity index (χ1v) is 7.28. The molecule has 0 radical (unpaired) electrons. The number of rotatable bonds is 5. The predicted octanol–water partition coefficient (Wildman–Crippen LogP) is 4.18. The molecule has 19 heavy (non-hydrogen) atoms. The molecule has 0 aliphatic rings. The summed E-state index contributed by atoms with van der Waals surface area (Å²) in [4.78, 5) is 17.0. The van der Waals surface area contributed by atoms with E-state index >= 15 is 0 Å². The summed E-state index contributed by atoms with van der Waals surface area (Å²) in [6.45, 7) is 4.23. The first-order valence-electron chi connectivity index (χ1n) is 6.46. The van der Waals surface area contributed by atoms with E-state index in [4.69, 9.17) is 0 Å². The molecule has 1 aromatic heterocycles. The zero-order valence-electron chi connectivity index (χ0n) is 11.2. The van der Waals surface area contributed by atoms with Gasteiger partial charge in [0.1, 0.15) is 0 Å². The monoisotopic (exact) mass is 274 g/mol. The van der Waals surface area contributed by atoms with E-state index in [0.717, 1.165) is 16.9 Å². The molecule has 1 aromatic carbocycles. The number of benzene rings is 1. The molecule has 0 aliphatic carbocycles. The highest BCUT2D eigenvalue weighted by Gasteiger charge is 2.08. The summed E-state index contributed by atoms with van der Waals surface area (Å²) >= 11 is 1.51. The number of nitrogens with one attached hydrogen (secondary N) is 1. The molecule has 2 aromatic rings. The summed E-state index contributed by atoms with van der Waals surface area (Å²) in [5.74, 6) is 0.588. The fourth-order valence-electron chi connectivity index (χ4n) is 1.67. The molecular formula is C15H18N2OS. The largest absolute Gasteiger partial charge is 0.302 e. The van der Waals surface area contributed by atoms with E-state index in [9.17, 15) is 4.79 Å². The van der Waals surface area contributed by atoms with Gasteiger partial charge in [-0.2, -0.15) is 0 Å². The summed E-state index contributed by atoms with van der Waals surface area (Å²) in [6.07, 6.45) is 3.26. The van der Waals surface area contributed by atoms with Gasteiger partial charge < -0.3 is 5.32 Å². The normalized spacial score (nSPS) is 10.7. The third-order valence-corrected chi connectivity index (χ3v) is 3.72. The van der Waals surface area contributed by atoms with Gasteiger partial charge in [-0.15, -0.1) is 0 Å². The minimum atomic E-state index is 0.0441. The first-order chi connectivity index (χ1) is 9.15. The van der Waals surface area contributed by atoms with Crippen LogP contribution in [-0.4, -0.2) is 10.9 Å². The third kappa shape index (κ3) is 4.17. The Bertz CT molecular complexity index is 534. The number of nitrogens with zero attached hydrogens (tertiary/aromatic N) is 1. The lowest BCUT2D eigenvalue weighted by Crippen LogP contribution is -2.11. The van der Waals surface area contributed by atoms with E-state index in [1.807, 2.05) is 30.3 Å². The number of aromatic nitrogens is 1. The van der Waals surface area contributed by atoms with Gasteiger partial charge in [-0.3, -0.25) is 4.79 Å². The molecule has 0 saturated carbocycles. The second-order valence-electron chi connectivity index (χ2n) is 4.88. The van der Waals surface area contributed by atoms with Gasteiger partial charge in [0.15, 0.2) is 5.13 Å². The average Bonchev–Trinajstić information content (AvgIpc) is 2.86. The molecule has 0 aliphatic heterocycles.